The van der Waals surface area contributed by atoms with Crippen LogP contribution in [0.1, 0.15) is 47.0 Å². The Morgan fingerprint density at radius 3 is 2.69 bits per heavy atom. The number of hydrogen-bond acceptors (Lipinski definition) is 4. The molecule has 1 unspecified atom stereocenters. The van der Waals surface area contributed by atoms with Crippen LogP contribution in [0.15, 0.2) is 60.7 Å². The first-order valence-electron chi connectivity index (χ1n) is 10.9. The zero-order valence-corrected chi connectivity index (χ0v) is 18.4. The van der Waals surface area contributed by atoms with Crippen molar-refractivity contribution >= 4 is 18.0 Å². The predicted octanol–water partition coefficient (Wildman–Crippen LogP) is 4.24. The maximum absolute atomic E-state index is 12.3. The Morgan fingerprint density at radius 1 is 1.12 bits per heavy atom. The molecule has 1 atom stereocenters. The molecule has 1 aromatic heterocycles. The van der Waals surface area contributed by atoms with Gasteiger partial charge in [0.25, 0.3) is 5.91 Å². The molecule has 6 heteroatoms. The van der Waals surface area contributed by atoms with Gasteiger partial charge in [0.15, 0.2) is 6.61 Å². The van der Waals surface area contributed by atoms with Crippen LogP contribution in [-0.2, 0) is 20.7 Å². The van der Waals surface area contributed by atoms with Crippen LogP contribution in [0, 0.1) is 13.8 Å². The minimum absolute atomic E-state index is 0.0316. The second kappa shape index (κ2) is 9.64. The number of hydrogen-bond donors (Lipinski definition) is 1. The highest BCUT2D eigenvalue weighted by Gasteiger charge is 2.21. The third kappa shape index (κ3) is 4.80. The number of amides is 1. The van der Waals surface area contributed by atoms with E-state index in [2.05, 4.69) is 22.5 Å². The summed E-state index contributed by atoms with van der Waals surface area (Å²) in [6.45, 7) is 3.55. The summed E-state index contributed by atoms with van der Waals surface area (Å²) in [5.41, 5.74) is 5.96. The summed E-state index contributed by atoms with van der Waals surface area (Å²) in [4.78, 5) is 24.5. The number of ether oxygens (including phenoxy) is 1. The molecule has 0 fully saturated rings. The number of nitrogens with one attached hydrogen (secondary N) is 1. The van der Waals surface area contributed by atoms with Crippen LogP contribution in [0.25, 0.3) is 11.8 Å². The monoisotopic (exact) mass is 429 g/mol. The topological polar surface area (TPSA) is 73.2 Å². The lowest BCUT2D eigenvalue weighted by Gasteiger charge is -2.26. The Hall–Kier alpha value is -3.67. The van der Waals surface area contributed by atoms with Crippen molar-refractivity contribution in [2.75, 3.05) is 6.61 Å². The standard InChI is InChI=1S/C26H27N3O3/c1-18-22(19(2)29(28-18)21-11-4-3-5-12-21)15-16-26(31)32-17-25(30)27-24-14-8-10-20-9-6-7-13-23(20)24/h3-7,9,11-13,15-16,24H,8,10,14,17H2,1-2H3,(H,27,30)/b16-15+. The summed E-state index contributed by atoms with van der Waals surface area (Å²) in [5, 5.41) is 7.56. The van der Waals surface area contributed by atoms with Crippen molar-refractivity contribution in [1.82, 2.24) is 15.1 Å². The van der Waals surface area contributed by atoms with E-state index in [9.17, 15) is 9.59 Å². The first-order chi connectivity index (χ1) is 15.5. The number of aryl methyl sites for hydroxylation is 2. The average Bonchev–Trinajstić information content (AvgIpc) is 3.10. The van der Waals surface area contributed by atoms with E-state index in [1.807, 2.05) is 61.0 Å². The van der Waals surface area contributed by atoms with Crippen molar-refractivity contribution in [2.24, 2.45) is 0 Å². The molecular weight excluding hydrogens is 402 g/mol. The van der Waals surface area contributed by atoms with Gasteiger partial charge in [-0.1, -0.05) is 42.5 Å². The van der Waals surface area contributed by atoms with Crippen molar-refractivity contribution in [3.8, 4) is 5.69 Å². The van der Waals surface area contributed by atoms with E-state index in [0.29, 0.717) is 0 Å². The smallest absolute Gasteiger partial charge is 0.331 e. The fourth-order valence-corrected chi connectivity index (χ4v) is 4.19. The normalized spacial score (nSPS) is 15.4. The predicted molar refractivity (Wildman–Crippen MR) is 123 cm³/mol. The second-order valence-electron chi connectivity index (χ2n) is 7.98. The molecule has 1 aliphatic rings. The molecule has 1 amide bonds. The van der Waals surface area contributed by atoms with E-state index >= 15 is 0 Å². The summed E-state index contributed by atoms with van der Waals surface area (Å²) in [6.07, 6.45) is 5.98. The minimum atomic E-state index is -0.560. The second-order valence-corrected chi connectivity index (χ2v) is 7.98. The zero-order valence-electron chi connectivity index (χ0n) is 18.4. The highest BCUT2D eigenvalue weighted by Crippen LogP contribution is 2.29. The molecule has 4 rings (SSSR count). The zero-order chi connectivity index (χ0) is 22.5. The summed E-state index contributed by atoms with van der Waals surface area (Å²) in [5.74, 6) is -0.854. The molecule has 0 aliphatic heterocycles. The summed E-state index contributed by atoms with van der Waals surface area (Å²) in [6, 6.07) is 17.9. The van der Waals surface area contributed by atoms with Gasteiger partial charge in [-0.15, -0.1) is 0 Å². The SMILES string of the molecule is Cc1nn(-c2ccccc2)c(C)c1/C=C/C(=O)OCC(=O)NC1CCCc2ccccc21. The van der Waals surface area contributed by atoms with Crippen LogP contribution >= 0.6 is 0 Å². The fraction of sp³-hybridized carbons (Fsp3) is 0.269. The average molecular weight is 430 g/mol. The van der Waals surface area contributed by atoms with Gasteiger partial charge in [-0.2, -0.15) is 5.10 Å². The lowest BCUT2D eigenvalue weighted by atomic mass is 9.88. The Labute approximate surface area is 187 Å². The Balaban J connectivity index is 1.34. The van der Waals surface area contributed by atoms with Gasteiger partial charge in [0, 0.05) is 17.3 Å². The van der Waals surface area contributed by atoms with Gasteiger partial charge in [-0.25, -0.2) is 9.48 Å². The van der Waals surface area contributed by atoms with Crippen LogP contribution < -0.4 is 5.32 Å². The maximum atomic E-state index is 12.3. The molecule has 0 saturated carbocycles. The lowest BCUT2D eigenvalue weighted by molar-refractivity contribution is -0.144. The van der Waals surface area contributed by atoms with Gasteiger partial charge in [-0.05, 0) is 62.4 Å². The molecule has 32 heavy (non-hydrogen) atoms. The minimum Gasteiger partial charge on any atom is -0.452 e. The summed E-state index contributed by atoms with van der Waals surface area (Å²) < 4.78 is 7.00. The third-order valence-electron chi connectivity index (χ3n) is 5.78. The van der Waals surface area contributed by atoms with Crippen LogP contribution in [-0.4, -0.2) is 28.3 Å². The van der Waals surface area contributed by atoms with E-state index < -0.39 is 5.97 Å². The van der Waals surface area contributed by atoms with Gasteiger partial charge in [-0.3, -0.25) is 4.79 Å². The third-order valence-corrected chi connectivity index (χ3v) is 5.78. The number of carbonyl (C=O) groups excluding carboxylic acids is 2. The molecular formula is C26H27N3O3. The van der Waals surface area contributed by atoms with Gasteiger partial charge in [0.1, 0.15) is 0 Å². The number of fused-ring (bicyclic) bond motifs is 1. The quantitative estimate of drug-likeness (QED) is 0.470. The first kappa shape index (κ1) is 21.6. The highest BCUT2D eigenvalue weighted by atomic mass is 16.5. The van der Waals surface area contributed by atoms with Gasteiger partial charge in [0.05, 0.1) is 17.4 Å². The van der Waals surface area contributed by atoms with Crippen molar-refractivity contribution < 1.29 is 14.3 Å². The molecule has 0 bridgehead atoms. The Morgan fingerprint density at radius 2 is 1.88 bits per heavy atom. The van der Waals surface area contributed by atoms with Crippen molar-refractivity contribution in [2.45, 2.75) is 39.2 Å². The van der Waals surface area contributed by atoms with Crippen molar-refractivity contribution in [3.63, 3.8) is 0 Å². The first-order valence-corrected chi connectivity index (χ1v) is 10.9. The van der Waals surface area contributed by atoms with Crippen LogP contribution in [0.3, 0.4) is 0 Å². The lowest BCUT2D eigenvalue weighted by Crippen LogP contribution is -2.34. The van der Waals surface area contributed by atoms with E-state index in [4.69, 9.17) is 4.74 Å². The number of aromatic nitrogens is 2. The largest absolute Gasteiger partial charge is 0.452 e. The van der Waals surface area contributed by atoms with E-state index in [1.165, 1.54) is 11.6 Å². The number of para-hydroxylation sites is 1. The van der Waals surface area contributed by atoms with E-state index in [-0.39, 0.29) is 18.6 Å². The fourth-order valence-electron chi connectivity index (χ4n) is 4.19. The van der Waals surface area contributed by atoms with Crippen molar-refractivity contribution in [3.05, 3.63) is 88.8 Å². The maximum Gasteiger partial charge on any atom is 0.331 e. The van der Waals surface area contributed by atoms with Crippen molar-refractivity contribution in [1.29, 1.82) is 0 Å². The Bertz CT molecular complexity index is 1150. The molecule has 2 aromatic carbocycles. The number of carbonyl (C=O) groups is 2. The van der Waals surface area contributed by atoms with Gasteiger partial charge >= 0.3 is 5.97 Å². The molecule has 0 spiro atoms. The van der Waals surface area contributed by atoms with Crippen LogP contribution in [0.2, 0.25) is 0 Å². The molecule has 164 valence electrons. The number of esters is 1. The molecule has 1 aliphatic carbocycles. The van der Waals surface area contributed by atoms with Gasteiger partial charge in [0.2, 0.25) is 0 Å². The molecule has 1 N–H and O–H groups in total. The summed E-state index contributed by atoms with van der Waals surface area (Å²) >= 11 is 0. The molecule has 0 radical (unpaired) electrons. The molecule has 3 aromatic rings. The van der Waals surface area contributed by atoms with E-state index in [1.54, 1.807) is 6.08 Å². The molecule has 0 saturated heterocycles. The van der Waals surface area contributed by atoms with Crippen LogP contribution in [0.5, 0.6) is 0 Å². The molecule has 1 heterocycles. The van der Waals surface area contributed by atoms with Crippen LogP contribution in [0.4, 0.5) is 0 Å². The van der Waals surface area contributed by atoms with E-state index in [0.717, 1.165) is 47.5 Å². The Kier molecular flexibility index (Phi) is 6.50. The number of rotatable bonds is 6. The number of nitrogens with zero attached hydrogens (tertiary/aromatic N) is 2. The number of benzene rings is 2. The van der Waals surface area contributed by atoms with Gasteiger partial charge < -0.3 is 10.1 Å². The summed E-state index contributed by atoms with van der Waals surface area (Å²) in [7, 11) is 0. The molecule has 6 nitrogen and oxygen atoms in total. The highest BCUT2D eigenvalue weighted by molar-refractivity contribution is 5.89.